The number of aromatic nitrogens is 1. The Bertz CT molecular complexity index is 1470. The van der Waals surface area contributed by atoms with E-state index in [9.17, 15) is 14.4 Å². The summed E-state index contributed by atoms with van der Waals surface area (Å²) >= 11 is 1.43. The number of nitrogens with one attached hydrogen (secondary N) is 2. The second-order valence-corrected chi connectivity index (χ2v) is 10.9. The lowest BCUT2D eigenvalue weighted by molar-refractivity contribution is -0.136. The number of piperidine rings is 1. The van der Waals surface area contributed by atoms with Gasteiger partial charge in [-0.25, -0.2) is 0 Å². The quantitative estimate of drug-likeness (QED) is 0.360. The average Bonchev–Trinajstić information content (AvgIpc) is 3.66. The molecule has 4 aromatic rings. The van der Waals surface area contributed by atoms with Crippen molar-refractivity contribution in [1.29, 1.82) is 0 Å². The van der Waals surface area contributed by atoms with Gasteiger partial charge in [0.05, 0.1) is 4.88 Å². The second-order valence-electron chi connectivity index (χ2n) is 9.94. The highest BCUT2D eigenvalue weighted by molar-refractivity contribution is 7.12. The van der Waals surface area contributed by atoms with Crippen LogP contribution in [0.1, 0.15) is 34.5 Å². The fourth-order valence-electron chi connectivity index (χ4n) is 5.25. The van der Waals surface area contributed by atoms with Gasteiger partial charge in [0.1, 0.15) is 5.52 Å². The highest BCUT2D eigenvalue weighted by Gasteiger charge is 2.26. The Balaban J connectivity index is 0.997. The molecule has 2 aromatic carbocycles. The molecule has 39 heavy (non-hydrogen) atoms. The van der Waals surface area contributed by atoms with Crippen molar-refractivity contribution in [2.24, 2.45) is 5.92 Å². The number of para-hydroxylation sites is 2. The van der Waals surface area contributed by atoms with Gasteiger partial charge in [-0.1, -0.05) is 18.2 Å². The van der Waals surface area contributed by atoms with Gasteiger partial charge in [-0.2, -0.15) is 4.98 Å². The lowest BCUT2D eigenvalue weighted by Gasteiger charge is -2.30. The minimum Gasteiger partial charge on any atom is -0.423 e. The Morgan fingerprint density at radius 1 is 1.00 bits per heavy atom. The smallest absolute Gasteiger partial charge is 0.313 e. The van der Waals surface area contributed by atoms with Crippen molar-refractivity contribution < 1.29 is 18.8 Å². The molecule has 200 valence electrons. The number of carbonyl (C=O) groups excluding carboxylic acids is 3. The highest BCUT2D eigenvalue weighted by Crippen LogP contribution is 2.31. The summed E-state index contributed by atoms with van der Waals surface area (Å²) in [7, 11) is 0. The Morgan fingerprint density at radius 2 is 1.85 bits per heavy atom. The maximum Gasteiger partial charge on any atom is 0.313 e. The number of benzene rings is 2. The molecule has 3 amide bonds. The molecule has 0 atom stereocenters. The SMILES string of the molecule is O=C(NCC1CCN(c2nc3ccccc3o2)CC1)C(=O)Nc1ccc2c(c1)CCCN2C(=O)c1cccs1. The number of hydrogen-bond acceptors (Lipinski definition) is 7. The molecular formula is C29H29N5O4S. The van der Waals surface area contributed by atoms with Gasteiger partial charge < -0.3 is 24.9 Å². The van der Waals surface area contributed by atoms with E-state index in [1.54, 1.807) is 11.0 Å². The monoisotopic (exact) mass is 543 g/mol. The van der Waals surface area contributed by atoms with Crippen molar-refractivity contribution >= 4 is 57.5 Å². The molecule has 2 aliphatic rings. The zero-order valence-corrected chi connectivity index (χ0v) is 22.2. The summed E-state index contributed by atoms with van der Waals surface area (Å²) in [6.07, 6.45) is 3.38. The van der Waals surface area contributed by atoms with Crippen LogP contribution in [0.5, 0.6) is 0 Å². The Morgan fingerprint density at radius 3 is 2.64 bits per heavy atom. The first kappa shape index (κ1) is 25.1. The van der Waals surface area contributed by atoms with E-state index < -0.39 is 11.8 Å². The minimum atomic E-state index is -0.693. The van der Waals surface area contributed by atoms with E-state index in [4.69, 9.17) is 4.42 Å². The van der Waals surface area contributed by atoms with Crippen molar-refractivity contribution in [2.45, 2.75) is 25.7 Å². The largest absolute Gasteiger partial charge is 0.423 e. The molecule has 0 unspecified atom stereocenters. The van der Waals surface area contributed by atoms with E-state index in [0.717, 1.165) is 61.1 Å². The average molecular weight is 544 g/mol. The number of carbonyl (C=O) groups is 3. The fraction of sp³-hybridized carbons (Fsp3) is 0.310. The summed E-state index contributed by atoms with van der Waals surface area (Å²) in [6, 6.07) is 17.5. The van der Waals surface area contributed by atoms with E-state index in [1.807, 2.05) is 53.9 Å². The standard InChI is InChI=1S/C29H29N5O4S/c35-26(30-18-19-11-14-33(15-12-19)29-32-22-6-1-2-7-24(22)38-29)27(36)31-21-9-10-23-20(17-21)5-3-13-34(23)28(37)25-8-4-16-39-25/h1-2,4,6-10,16-17,19H,3,5,11-15,18H2,(H,30,35)(H,31,36). The van der Waals surface area contributed by atoms with Crippen LogP contribution >= 0.6 is 11.3 Å². The molecule has 10 heteroatoms. The minimum absolute atomic E-state index is 0.0122. The maximum absolute atomic E-state index is 12.9. The molecule has 1 fully saturated rings. The van der Waals surface area contributed by atoms with Gasteiger partial charge in [0.15, 0.2) is 5.58 Å². The summed E-state index contributed by atoms with van der Waals surface area (Å²) in [6.45, 7) is 2.66. The molecule has 0 aliphatic carbocycles. The van der Waals surface area contributed by atoms with E-state index >= 15 is 0 Å². The molecule has 6 rings (SSSR count). The first-order chi connectivity index (χ1) is 19.0. The van der Waals surface area contributed by atoms with Crippen LogP contribution in [0.2, 0.25) is 0 Å². The van der Waals surface area contributed by atoms with E-state index in [0.29, 0.717) is 29.7 Å². The van der Waals surface area contributed by atoms with Gasteiger partial charge in [0.25, 0.3) is 11.9 Å². The van der Waals surface area contributed by atoms with Crippen LogP contribution in [-0.2, 0) is 16.0 Å². The summed E-state index contributed by atoms with van der Waals surface area (Å²) in [5, 5.41) is 7.39. The zero-order chi connectivity index (χ0) is 26.8. The molecule has 0 spiro atoms. The molecule has 2 aliphatic heterocycles. The number of fused-ring (bicyclic) bond motifs is 2. The number of hydrogen-bond donors (Lipinski definition) is 2. The fourth-order valence-corrected chi connectivity index (χ4v) is 5.92. The molecule has 9 nitrogen and oxygen atoms in total. The summed E-state index contributed by atoms with van der Waals surface area (Å²) < 4.78 is 5.87. The first-order valence-corrected chi connectivity index (χ1v) is 14.1. The third-order valence-electron chi connectivity index (χ3n) is 7.36. The predicted molar refractivity (Wildman–Crippen MR) is 151 cm³/mol. The lowest BCUT2D eigenvalue weighted by Crippen LogP contribution is -2.42. The van der Waals surface area contributed by atoms with Crippen LogP contribution in [0, 0.1) is 5.92 Å². The van der Waals surface area contributed by atoms with Crippen LogP contribution in [0.15, 0.2) is 64.4 Å². The third kappa shape index (κ3) is 5.37. The topological polar surface area (TPSA) is 108 Å². The molecule has 4 heterocycles. The number of thiophene rings is 1. The summed E-state index contributed by atoms with van der Waals surface area (Å²) in [4.78, 5) is 47.2. The molecular weight excluding hydrogens is 514 g/mol. The normalized spacial score (nSPS) is 15.7. The number of anilines is 3. The van der Waals surface area contributed by atoms with Crippen LogP contribution in [0.25, 0.3) is 11.1 Å². The number of aryl methyl sites for hydroxylation is 1. The van der Waals surface area contributed by atoms with Crippen molar-refractivity contribution in [1.82, 2.24) is 10.3 Å². The molecule has 0 radical (unpaired) electrons. The molecule has 0 saturated carbocycles. The van der Waals surface area contributed by atoms with Gasteiger partial charge in [0.2, 0.25) is 0 Å². The molecule has 1 saturated heterocycles. The highest BCUT2D eigenvalue weighted by atomic mass is 32.1. The van der Waals surface area contributed by atoms with Crippen molar-refractivity contribution in [2.75, 3.05) is 41.3 Å². The zero-order valence-electron chi connectivity index (χ0n) is 21.4. The number of amides is 3. The number of oxazole rings is 1. The Labute approximate surface area is 229 Å². The lowest BCUT2D eigenvalue weighted by atomic mass is 9.97. The second kappa shape index (κ2) is 10.9. The number of nitrogens with zero attached hydrogens (tertiary/aromatic N) is 3. The predicted octanol–water partition coefficient (Wildman–Crippen LogP) is 4.45. The van der Waals surface area contributed by atoms with Crippen LogP contribution < -0.4 is 20.4 Å². The van der Waals surface area contributed by atoms with Gasteiger partial charge in [-0.15, -0.1) is 11.3 Å². The van der Waals surface area contributed by atoms with Crippen molar-refractivity contribution in [3.63, 3.8) is 0 Å². The van der Waals surface area contributed by atoms with Crippen LogP contribution in [0.4, 0.5) is 17.4 Å². The van der Waals surface area contributed by atoms with Crippen LogP contribution in [0.3, 0.4) is 0 Å². The summed E-state index contributed by atoms with van der Waals surface area (Å²) in [5.74, 6) is -1.08. The first-order valence-electron chi connectivity index (χ1n) is 13.2. The molecule has 0 bridgehead atoms. The van der Waals surface area contributed by atoms with Crippen LogP contribution in [-0.4, -0.2) is 48.9 Å². The van der Waals surface area contributed by atoms with E-state index in [-0.39, 0.29) is 11.8 Å². The molecule has 2 aromatic heterocycles. The Hall–Kier alpha value is -4.18. The van der Waals surface area contributed by atoms with Gasteiger partial charge in [-0.3, -0.25) is 14.4 Å². The van der Waals surface area contributed by atoms with E-state index in [2.05, 4.69) is 20.5 Å². The van der Waals surface area contributed by atoms with Gasteiger partial charge >= 0.3 is 11.8 Å². The van der Waals surface area contributed by atoms with Gasteiger partial charge in [0, 0.05) is 37.6 Å². The van der Waals surface area contributed by atoms with E-state index in [1.165, 1.54) is 11.3 Å². The van der Waals surface area contributed by atoms with Crippen molar-refractivity contribution in [3.05, 3.63) is 70.4 Å². The Kier molecular flexibility index (Phi) is 7.02. The molecule has 2 N–H and O–H groups in total. The maximum atomic E-state index is 12.9. The summed E-state index contributed by atoms with van der Waals surface area (Å²) in [5.41, 5.74) is 4.00. The number of rotatable bonds is 5. The third-order valence-corrected chi connectivity index (χ3v) is 8.22. The van der Waals surface area contributed by atoms with Gasteiger partial charge in [-0.05, 0) is 78.9 Å². The van der Waals surface area contributed by atoms with Crippen molar-refractivity contribution in [3.8, 4) is 0 Å².